The fourth-order valence-corrected chi connectivity index (χ4v) is 2.36. The van der Waals surface area contributed by atoms with Crippen LogP contribution in [0.25, 0.3) is 0 Å². The molecule has 0 unspecified atom stereocenters. The molecule has 1 aliphatic rings. The normalized spacial score (nSPS) is 16.2. The zero-order chi connectivity index (χ0) is 13.8. The minimum absolute atomic E-state index is 0.109. The molecular weight excluding hydrogens is 238 g/mol. The van der Waals surface area contributed by atoms with Gasteiger partial charge < -0.3 is 4.90 Å². The molecule has 4 nitrogen and oxygen atoms in total. The molecule has 1 heterocycles. The highest BCUT2D eigenvalue weighted by atomic mass is 16.2. The van der Waals surface area contributed by atoms with Crippen LogP contribution in [-0.2, 0) is 0 Å². The Morgan fingerprint density at radius 2 is 1.95 bits per heavy atom. The third kappa shape index (κ3) is 2.94. The van der Waals surface area contributed by atoms with E-state index in [9.17, 15) is 4.79 Å². The summed E-state index contributed by atoms with van der Waals surface area (Å²) in [4.78, 5) is 16.4. The maximum absolute atomic E-state index is 12.5. The Hall–Kier alpha value is -1.86. The molecule has 0 N–H and O–H groups in total. The molecule has 0 aliphatic carbocycles. The summed E-state index contributed by atoms with van der Waals surface area (Å²) in [5.74, 6) is 0.109. The quantitative estimate of drug-likeness (QED) is 0.756. The van der Waals surface area contributed by atoms with Crippen LogP contribution in [0.2, 0.25) is 0 Å². The van der Waals surface area contributed by atoms with Crippen LogP contribution in [0.4, 0.5) is 0 Å². The van der Waals surface area contributed by atoms with Gasteiger partial charge in [0.1, 0.15) is 0 Å². The lowest BCUT2D eigenvalue weighted by Crippen LogP contribution is -2.48. The van der Waals surface area contributed by atoms with Gasteiger partial charge in [-0.3, -0.25) is 9.69 Å². The molecular formula is C15H19N3O. The van der Waals surface area contributed by atoms with Crippen molar-refractivity contribution in [3.63, 3.8) is 0 Å². The first kappa shape index (κ1) is 13.6. The van der Waals surface area contributed by atoms with Crippen molar-refractivity contribution in [1.82, 2.24) is 9.80 Å². The van der Waals surface area contributed by atoms with Crippen molar-refractivity contribution >= 4 is 5.91 Å². The van der Waals surface area contributed by atoms with Crippen LogP contribution < -0.4 is 0 Å². The Kier molecular flexibility index (Phi) is 4.18. The predicted octanol–water partition coefficient (Wildman–Crippen LogP) is 1.58. The maximum Gasteiger partial charge on any atom is 0.254 e. The molecule has 0 bridgehead atoms. The van der Waals surface area contributed by atoms with E-state index in [2.05, 4.69) is 11.0 Å². The van der Waals surface area contributed by atoms with Crippen molar-refractivity contribution < 1.29 is 4.79 Å². The molecule has 2 rings (SSSR count). The van der Waals surface area contributed by atoms with Crippen LogP contribution in [0.5, 0.6) is 0 Å². The summed E-state index contributed by atoms with van der Waals surface area (Å²) in [7, 11) is 0. The number of amides is 1. The Bertz CT molecular complexity index is 511. The summed E-state index contributed by atoms with van der Waals surface area (Å²) < 4.78 is 0. The minimum atomic E-state index is 0.109. The zero-order valence-electron chi connectivity index (χ0n) is 11.5. The summed E-state index contributed by atoms with van der Waals surface area (Å²) in [6, 6.07) is 8.00. The van der Waals surface area contributed by atoms with Gasteiger partial charge in [0.05, 0.1) is 12.6 Å². The molecule has 1 aliphatic heterocycles. The van der Waals surface area contributed by atoms with Gasteiger partial charge >= 0.3 is 0 Å². The highest BCUT2D eigenvalue weighted by molar-refractivity contribution is 5.96. The minimum Gasteiger partial charge on any atom is -0.336 e. The van der Waals surface area contributed by atoms with Crippen LogP contribution in [0, 0.1) is 25.2 Å². The SMILES string of the molecule is Cc1cccc(C(=O)N2CCN(CC#N)CC2)c1C. The third-order valence-electron chi connectivity index (χ3n) is 3.79. The van der Waals surface area contributed by atoms with Gasteiger partial charge in [0, 0.05) is 31.7 Å². The molecule has 1 aromatic rings. The second kappa shape index (κ2) is 5.85. The molecule has 19 heavy (non-hydrogen) atoms. The zero-order valence-corrected chi connectivity index (χ0v) is 11.5. The first-order valence-electron chi connectivity index (χ1n) is 6.58. The first-order chi connectivity index (χ1) is 9.13. The lowest BCUT2D eigenvalue weighted by molar-refractivity contribution is 0.0651. The van der Waals surface area contributed by atoms with Gasteiger partial charge in [-0.1, -0.05) is 12.1 Å². The Balaban J connectivity index is 2.06. The largest absolute Gasteiger partial charge is 0.336 e. The van der Waals surface area contributed by atoms with Gasteiger partial charge in [-0.15, -0.1) is 0 Å². The fourth-order valence-electron chi connectivity index (χ4n) is 2.36. The fraction of sp³-hybridized carbons (Fsp3) is 0.467. The smallest absolute Gasteiger partial charge is 0.254 e. The number of nitrogens with zero attached hydrogens (tertiary/aromatic N) is 3. The van der Waals surface area contributed by atoms with Crippen LogP contribution in [0.15, 0.2) is 18.2 Å². The molecule has 1 fully saturated rings. The van der Waals surface area contributed by atoms with E-state index in [0.717, 1.165) is 29.8 Å². The monoisotopic (exact) mass is 257 g/mol. The number of hydrogen-bond donors (Lipinski definition) is 0. The lowest BCUT2D eigenvalue weighted by Gasteiger charge is -2.33. The second-order valence-electron chi connectivity index (χ2n) is 4.97. The van der Waals surface area contributed by atoms with Gasteiger partial charge in [0.25, 0.3) is 5.91 Å². The van der Waals surface area contributed by atoms with Crippen LogP contribution in [-0.4, -0.2) is 48.4 Å². The molecule has 1 saturated heterocycles. The van der Waals surface area contributed by atoms with Gasteiger partial charge in [0.2, 0.25) is 0 Å². The average molecular weight is 257 g/mol. The van der Waals surface area contributed by atoms with E-state index in [1.807, 2.05) is 36.9 Å². The molecule has 4 heteroatoms. The van der Waals surface area contributed by atoms with Crippen LogP contribution >= 0.6 is 0 Å². The second-order valence-corrected chi connectivity index (χ2v) is 4.97. The summed E-state index contributed by atoms with van der Waals surface area (Å²) in [6.45, 7) is 7.44. The van der Waals surface area contributed by atoms with Gasteiger partial charge in [0.15, 0.2) is 0 Å². The maximum atomic E-state index is 12.5. The van der Waals surface area contributed by atoms with Gasteiger partial charge in [-0.05, 0) is 31.0 Å². The number of rotatable bonds is 2. The van der Waals surface area contributed by atoms with Crippen LogP contribution in [0.1, 0.15) is 21.5 Å². The standard InChI is InChI=1S/C15H19N3O/c1-12-4-3-5-14(13(12)2)15(19)18-10-8-17(7-6-16)9-11-18/h3-5H,7-11H2,1-2H3. The molecule has 1 aromatic carbocycles. The van der Waals surface area contributed by atoms with Gasteiger partial charge in [-0.2, -0.15) is 5.26 Å². The number of hydrogen-bond acceptors (Lipinski definition) is 3. The number of piperazine rings is 1. The molecule has 0 atom stereocenters. The van der Waals surface area contributed by atoms with Crippen molar-refractivity contribution in [1.29, 1.82) is 5.26 Å². The number of benzene rings is 1. The van der Waals surface area contributed by atoms with E-state index in [1.165, 1.54) is 0 Å². The Morgan fingerprint density at radius 3 is 2.58 bits per heavy atom. The topological polar surface area (TPSA) is 47.3 Å². The average Bonchev–Trinajstić information content (AvgIpc) is 2.42. The molecule has 1 amide bonds. The van der Waals surface area contributed by atoms with Crippen molar-refractivity contribution in [2.24, 2.45) is 0 Å². The van der Waals surface area contributed by atoms with E-state index in [1.54, 1.807) is 0 Å². The Labute approximate surface area is 114 Å². The van der Waals surface area contributed by atoms with E-state index < -0.39 is 0 Å². The summed E-state index contributed by atoms with van der Waals surface area (Å²) in [5.41, 5.74) is 3.01. The van der Waals surface area contributed by atoms with Crippen molar-refractivity contribution in [2.45, 2.75) is 13.8 Å². The molecule has 0 spiro atoms. The molecule has 0 aromatic heterocycles. The van der Waals surface area contributed by atoms with Crippen molar-refractivity contribution in [3.8, 4) is 6.07 Å². The number of aryl methyl sites for hydroxylation is 1. The third-order valence-corrected chi connectivity index (χ3v) is 3.79. The first-order valence-corrected chi connectivity index (χ1v) is 6.58. The van der Waals surface area contributed by atoms with E-state index >= 15 is 0 Å². The van der Waals surface area contributed by atoms with E-state index in [4.69, 9.17) is 5.26 Å². The number of carbonyl (C=O) groups excluding carboxylic acids is 1. The van der Waals surface area contributed by atoms with Crippen molar-refractivity contribution in [2.75, 3.05) is 32.7 Å². The molecule has 0 saturated carbocycles. The highest BCUT2D eigenvalue weighted by Crippen LogP contribution is 2.16. The van der Waals surface area contributed by atoms with Crippen molar-refractivity contribution in [3.05, 3.63) is 34.9 Å². The summed E-state index contributed by atoms with van der Waals surface area (Å²) >= 11 is 0. The molecule has 100 valence electrons. The lowest BCUT2D eigenvalue weighted by atomic mass is 10.0. The highest BCUT2D eigenvalue weighted by Gasteiger charge is 2.22. The summed E-state index contributed by atoms with van der Waals surface area (Å²) in [6.07, 6.45) is 0. The molecule has 0 radical (unpaired) electrons. The number of nitriles is 1. The van der Waals surface area contributed by atoms with Gasteiger partial charge in [-0.25, -0.2) is 0 Å². The van der Waals surface area contributed by atoms with E-state index in [0.29, 0.717) is 19.6 Å². The summed E-state index contributed by atoms with van der Waals surface area (Å²) in [5, 5.41) is 8.67. The Morgan fingerprint density at radius 1 is 1.26 bits per heavy atom. The number of carbonyl (C=O) groups is 1. The van der Waals surface area contributed by atoms with E-state index in [-0.39, 0.29) is 5.91 Å². The van der Waals surface area contributed by atoms with Crippen LogP contribution in [0.3, 0.4) is 0 Å². The predicted molar refractivity (Wildman–Crippen MR) is 73.9 cm³/mol.